The molecule has 2 nitrogen and oxygen atoms in total. The van der Waals surface area contributed by atoms with Crippen LogP contribution >= 0.6 is 0 Å². The Morgan fingerprint density at radius 2 is 1.83 bits per heavy atom. The molecular formula is C16H24O2. The first-order chi connectivity index (χ1) is 8.72. The largest absolute Gasteiger partial charge is 0.496 e. The minimum Gasteiger partial charge on any atom is -0.496 e. The minimum atomic E-state index is -0.376. The van der Waals surface area contributed by atoms with Crippen LogP contribution in [-0.4, -0.2) is 12.2 Å². The van der Waals surface area contributed by atoms with Gasteiger partial charge in [-0.05, 0) is 37.3 Å². The number of hydrogen-bond donors (Lipinski definition) is 1. The quantitative estimate of drug-likeness (QED) is 0.819. The van der Waals surface area contributed by atoms with Crippen molar-refractivity contribution in [1.29, 1.82) is 0 Å². The molecule has 1 aliphatic carbocycles. The summed E-state index contributed by atoms with van der Waals surface area (Å²) >= 11 is 0. The molecule has 2 rings (SSSR count). The Labute approximate surface area is 110 Å². The number of aryl methyl sites for hydroxylation is 1. The SMILES string of the molecule is COc1cc(C)ccc1C(O)C1CCCCCC1. The lowest BCUT2D eigenvalue weighted by atomic mass is 9.88. The number of aliphatic hydroxyl groups excluding tert-OH is 1. The zero-order valence-electron chi connectivity index (χ0n) is 11.5. The molecule has 18 heavy (non-hydrogen) atoms. The summed E-state index contributed by atoms with van der Waals surface area (Å²) in [6.07, 6.45) is 7.02. The molecule has 1 atom stereocenters. The Balaban J connectivity index is 2.18. The molecule has 0 amide bonds. The van der Waals surface area contributed by atoms with E-state index in [1.54, 1.807) is 7.11 Å². The predicted molar refractivity (Wildman–Crippen MR) is 73.9 cm³/mol. The number of benzene rings is 1. The van der Waals surface area contributed by atoms with Crippen molar-refractivity contribution in [3.8, 4) is 5.75 Å². The third-order valence-corrected chi connectivity index (χ3v) is 4.05. The van der Waals surface area contributed by atoms with Crippen LogP contribution < -0.4 is 4.74 Å². The van der Waals surface area contributed by atoms with Gasteiger partial charge in [0.25, 0.3) is 0 Å². The summed E-state index contributed by atoms with van der Waals surface area (Å²) in [6.45, 7) is 2.05. The summed E-state index contributed by atoms with van der Waals surface area (Å²) in [4.78, 5) is 0. The molecule has 1 aliphatic rings. The zero-order valence-corrected chi connectivity index (χ0v) is 11.5. The summed E-state index contributed by atoms with van der Waals surface area (Å²) in [5, 5.41) is 10.6. The molecule has 0 bridgehead atoms. The Morgan fingerprint density at radius 1 is 1.17 bits per heavy atom. The third kappa shape index (κ3) is 3.05. The van der Waals surface area contributed by atoms with Gasteiger partial charge in [0.15, 0.2) is 0 Å². The smallest absolute Gasteiger partial charge is 0.124 e. The van der Waals surface area contributed by atoms with Gasteiger partial charge in [-0.1, -0.05) is 37.8 Å². The molecule has 0 aromatic heterocycles. The molecule has 1 N–H and O–H groups in total. The van der Waals surface area contributed by atoms with Crippen molar-refractivity contribution in [2.45, 2.75) is 51.6 Å². The summed E-state index contributed by atoms with van der Waals surface area (Å²) < 4.78 is 5.41. The van der Waals surface area contributed by atoms with Crippen molar-refractivity contribution in [2.75, 3.05) is 7.11 Å². The number of methoxy groups -OCH3 is 1. The van der Waals surface area contributed by atoms with E-state index in [9.17, 15) is 5.11 Å². The molecule has 0 saturated heterocycles. The van der Waals surface area contributed by atoms with Gasteiger partial charge < -0.3 is 9.84 Å². The lowest BCUT2D eigenvalue weighted by Gasteiger charge is -2.23. The average molecular weight is 248 g/mol. The van der Waals surface area contributed by atoms with Crippen molar-refractivity contribution in [2.24, 2.45) is 5.92 Å². The highest BCUT2D eigenvalue weighted by molar-refractivity contribution is 5.38. The van der Waals surface area contributed by atoms with Crippen LogP contribution in [0.5, 0.6) is 5.75 Å². The first-order valence-electron chi connectivity index (χ1n) is 7.05. The Hall–Kier alpha value is -1.02. The monoisotopic (exact) mass is 248 g/mol. The van der Waals surface area contributed by atoms with E-state index in [1.807, 2.05) is 19.1 Å². The van der Waals surface area contributed by atoms with Crippen molar-refractivity contribution < 1.29 is 9.84 Å². The fourth-order valence-electron chi connectivity index (χ4n) is 2.94. The zero-order chi connectivity index (χ0) is 13.0. The molecule has 0 heterocycles. The van der Waals surface area contributed by atoms with Crippen molar-refractivity contribution in [3.05, 3.63) is 29.3 Å². The van der Waals surface area contributed by atoms with Gasteiger partial charge >= 0.3 is 0 Å². The van der Waals surface area contributed by atoms with Crippen LogP contribution in [0.1, 0.15) is 55.8 Å². The van der Waals surface area contributed by atoms with E-state index in [0.717, 1.165) is 24.2 Å². The topological polar surface area (TPSA) is 29.5 Å². The summed E-state index contributed by atoms with van der Waals surface area (Å²) in [7, 11) is 1.68. The molecule has 1 aromatic carbocycles. The number of hydrogen-bond acceptors (Lipinski definition) is 2. The van der Waals surface area contributed by atoms with Crippen LogP contribution in [0.15, 0.2) is 18.2 Å². The van der Waals surface area contributed by atoms with Gasteiger partial charge in [-0.15, -0.1) is 0 Å². The Morgan fingerprint density at radius 3 is 2.44 bits per heavy atom. The van der Waals surface area contributed by atoms with Crippen LogP contribution in [0, 0.1) is 12.8 Å². The normalized spacial score (nSPS) is 19.3. The fraction of sp³-hybridized carbons (Fsp3) is 0.625. The molecular weight excluding hydrogens is 224 g/mol. The molecule has 100 valence electrons. The summed E-state index contributed by atoms with van der Waals surface area (Å²) in [5.74, 6) is 1.22. The fourth-order valence-corrected chi connectivity index (χ4v) is 2.94. The molecule has 1 fully saturated rings. The second kappa shape index (κ2) is 6.24. The maximum absolute atomic E-state index is 10.6. The molecule has 1 saturated carbocycles. The van der Waals surface area contributed by atoms with Crippen LogP contribution in [-0.2, 0) is 0 Å². The summed E-state index contributed by atoms with van der Waals surface area (Å²) in [5.41, 5.74) is 2.12. The number of ether oxygens (including phenoxy) is 1. The highest BCUT2D eigenvalue weighted by atomic mass is 16.5. The van der Waals surface area contributed by atoms with Gasteiger partial charge in [0.05, 0.1) is 13.2 Å². The first kappa shape index (κ1) is 13.4. The van der Waals surface area contributed by atoms with Gasteiger partial charge in [0.2, 0.25) is 0 Å². The summed E-state index contributed by atoms with van der Waals surface area (Å²) in [6, 6.07) is 6.08. The van der Waals surface area contributed by atoms with Crippen molar-refractivity contribution in [1.82, 2.24) is 0 Å². The van der Waals surface area contributed by atoms with Crippen LogP contribution in [0.25, 0.3) is 0 Å². The van der Waals surface area contributed by atoms with Gasteiger partial charge in [-0.2, -0.15) is 0 Å². The molecule has 0 spiro atoms. The van der Waals surface area contributed by atoms with Gasteiger partial charge in [0.1, 0.15) is 5.75 Å². The maximum atomic E-state index is 10.6. The Bertz CT molecular complexity index is 379. The first-order valence-corrected chi connectivity index (χ1v) is 7.05. The van der Waals surface area contributed by atoms with E-state index in [2.05, 4.69) is 6.07 Å². The molecule has 0 radical (unpaired) electrons. The predicted octanol–water partition coefficient (Wildman–Crippen LogP) is 4.01. The van der Waals surface area contributed by atoms with E-state index in [0.29, 0.717) is 5.92 Å². The highest BCUT2D eigenvalue weighted by Gasteiger charge is 2.24. The number of aliphatic hydroxyl groups is 1. The van der Waals surface area contributed by atoms with Gasteiger partial charge in [-0.3, -0.25) is 0 Å². The standard InChI is InChI=1S/C16H24O2/c1-12-9-10-14(15(11-12)18-2)16(17)13-7-5-3-4-6-8-13/h9-11,13,16-17H,3-8H2,1-2H3. The highest BCUT2D eigenvalue weighted by Crippen LogP contribution is 2.37. The third-order valence-electron chi connectivity index (χ3n) is 4.05. The van der Waals surface area contributed by atoms with E-state index >= 15 is 0 Å². The lowest BCUT2D eigenvalue weighted by molar-refractivity contribution is 0.0961. The molecule has 1 aromatic rings. The molecule has 0 aliphatic heterocycles. The Kier molecular flexibility index (Phi) is 4.65. The number of rotatable bonds is 3. The van der Waals surface area contributed by atoms with Crippen molar-refractivity contribution in [3.63, 3.8) is 0 Å². The van der Waals surface area contributed by atoms with Gasteiger partial charge in [-0.25, -0.2) is 0 Å². The van der Waals surface area contributed by atoms with E-state index in [-0.39, 0.29) is 6.10 Å². The molecule has 2 heteroatoms. The van der Waals surface area contributed by atoms with E-state index in [1.165, 1.54) is 31.2 Å². The van der Waals surface area contributed by atoms with Crippen LogP contribution in [0.4, 0.5) is 0 Å². The second-order valence-corrected chi connectivity index (χ2v) is 5.44. The minimum absolute atomic E-state index is 0.376. The van der Waals surface area contributed by atoms with Gasteiger partial charge in [0, 0.05) is 5.56 Å². The van der Waals surface area contributed by atoms with Crippen molar-refractivity contribution >= 4 is 0 Å². The average Bonchev–Trinajstić information content (AvgIpc) is 2.66. The lowest BCUT2D eigenvalue weighted by Crippen LogP contribution is -2.13. The van der Waals surface area contributed by atoms with E-state index < -0.39 is 0 Å². The van der Waals surface area contributed by atoms with E-state index in [4.69, 9.17) is 4.74 Å². The maximum Gasteiger partial charge on any atom is 0.124 e. The van der Waals surface area contributed by atoms with Crippen LogP contribution in [0.2, 0.25) is 0 Å². The van der Waals surface area contributed by atoms with Crippen LogP contribution in [0.3, 0.4) is 0 Å². The second-order valence-electron chi connectivity index (χ2n) is 5.44. The molecule has 1 unspecified atom stereocenters.